The van der Waals surface area contributed by atoms with E-state index in [1.807, 2.05) is 25.1 Å². The highest BCUT2D eigenvalue weighted by atomic mass is 79.9. The Balaban J connectivity index is 1.84. The van der Waals surface area contributed by atoms with Crippen molar-refractivity contribution in [3.8, 4) is 0 Å². The number of quaternary nitrogens is 1. The lowest BCUT2D eigenvalue weighted by atomic mass is 9.92. The molecule has 25 heavy (non-hydrogen) atoms. The number of nitrogens with zero attached hydrogens (tertiary/aromatic N) is 1. The van der Waals surface area contributed by atoms with E-state index in [0.29, 0.717) is 18.4 Å². The molecular weight excluding hydrogens is 382 g/mol. The van der Waals surface area contributed by atoms with Crippen molar-refractivity contribution in [2.75, 3.05) is 38.5 Å². The summed E-state index contributed by atoms with van der Waals surface area (Å²) < 4.78 is 0.975. The quantitative estimate of drug-likeness (QED) is 0.776. The van der Waals surface area contributed by atoms with Crippen LogP contribution in [-0.4, -0.2) is 49.9 Å². The molecule has 0 aliphatic carbocycles. The number of carbonyl (C=O) groups is 2. The normalized spacial score (nSPS) is 23.2. The minimum absolute atomic E-state index is 0.0268. The number of hydrogen-bond donors (Lipinski definition) is 2. The lowest BCUT2D eigenvalue weighted by molar-refractivity contribution is -0.904. The molecule has 2 rings (SSSR count). The minimum Gasteiger partial charge on any atom is -0.332 e. The van der Waals surface area contributed by atoms with Crippen molar-refractivity contribution < 1.29 is 14.5 Å². The van der Waals surface area contributed by atoms with Crippen LogP contribution < -0.4 is 10.2 Å². The van der Waals surface area contributed by atoms with Crippen LogP contribution in [0.2, 0.25) is 0 Å². The number of halogens is 1. The molecule has 0 radical (unpaired) electrons. The second kappa shape index (κ2) is 8.81. The van der Waals surface area contributed by atoms with Crippen molar-refractivity contribution >= 4 is 33.4 Å². The van der Waals surface area contributed by atoms with Gasteiger partial charge in [0.25, 0.3) is 5.91 Å². The van der Waals surface area contributed by atoms with E-state index in [9.17, 15) is 9.59 Å². The average molecular weight is 411 g/mol. The molecule has 3 atom stereocenters. The lowest BCUT2D eigenvalue weighted by Crippen LogP contribution is -3.15. The Labute approximate surface area is 158 Å². The van der Waals surface area contributed by atoms with Crippen molar-refractivity contribution in [1.82, 2.24) is 4.90 Å². The first-order valence-corrected chi connectivity index (χ1v) is 9.67. The molecule has 138 valence electrons. The van der Waals surface area contributed by atoms with Crippen LogP contribution in [0.25, 0.3) is 0 Å². The number of hydrogen-bond acceptors (Lipinski definition) is 2. The molecule has 1 fully saturated rings. The molecule has 1 aliphatic rings. The molecule has 2 amide bonds. The monoisotopic (exact) mass is 410 g/mol. The molecule has 5 nitrogen and oxygen atoms in total. The van der Waals surface area contributed by atoms with Gasteiger partial charge in [-0.3, -0.25) is 9.59 Å². The molecule has 0 bridgehead atoms. The van der Waals surface area contributed by atoms with Crippen molar-refractivity contribution in [2.45, 2.75) is 27.2 Å². The van der Waals surface area contributed by atoms with Gasteiger partial charge in [-0.15, -0.1) is 0 Å². The first-order chi connectivity index (χ1) is 11.7. The standard InChI is InChI=1S/C19H28BrN3O2/c1-13-7-14(2)10-23(9-13)12-19(25)22(4)11-18(24)21-17-6-5-16(20)8-15(17)3/h5-6,8,13-14H,7,9-12H2,1-4H3,(H,21,24)/p+1/t13-,14+. The number of likely N-dealkylation sites (N-methyl/N-ethyl adjacent to an activating group) is 1. The van der Waals surface area contributed by atoms with Gasteiger partial charge < -0.3 is 15.1 Å². The van der Waals surface area contributed by atoms with Crippen LogP contribution in [0.15, 0.2) is 22.7 Å². The summed E-state index contributed by atoms with van der Waals surface area (Å²) in [5.41, 5.74) is 1.76. The van der Waals surface area contributed by atoms with Crippen LogP contribution in [0.5, 0.6) is 0 Å². The zero-order valence-electron chi connectivity index (χ0n) is 15.6. The van der Waals surface area contributed by atoms with E-state index in [2.05, 4.69) is 35.1 Å². The van der Waals surface area contributed by atoms with Crippen LogP contribution >= 0.6 is 15.9 Å². The Kier molecular flexibility index (Phi) is 7.02. The smallest absolute Gasteiger partial charge is 0.277 e. The second-order valence-corrected chi connectivity index (χ2v) is 8.45. The molecule has 1 aromatic carbocycles. The van der Waals surface area contributed by atoms with Gasteiger partial charge in [-0.25, -0.2) is 0 Å². The molecule has 1 aliphatic heterocycles. The van der Waals surface area contributed by atoms with E-state index in [0.717, 1.165) is 28.8 Å². The Bertz CT molecular complexity index is 625. The van der Waals surface area contributed by atoms with E-state index >= 15 is 0 Å². The Morgan fingerprint density at radius 3 is 2.52 bits per heavy atom. The fourth-order valence-corrected chi connectivity index (χ4v) is 4.15. The van der Waals surface area contributed by atoms with Crippen LogP contribution in [-0.2, 0) is 9.59 Å². The summed E-state index contributed by atoms with van der Waals surface area (Å²) in [4.78, 5) is 27.5. The van der Waals surface area contributed by atoms with Crippen molar-refractivity contribution in [1.29, 1.82) is 0 Å². The van der Waals surface area contributed by atoms with Gasteiger partial charge in [-0.1, -0.05) is 29.8 Å². The third-order valence-electron chi connectivity index (χ3n) is 4.75. The second-order valence-electron chi connectivity index (χ2n) is 7.54. The number of carbonyl (C=O) groups excluding carboxylic acids is 2. The molecular formula is C19H29BrN3O2+. The molecule has 1 unspecified atom stereocenters. The molecule has 0 aromatic heterocycles. The number of anilines is 1. The third kappa shape index (κ3) is 6.12. The van der Waals surface area contributed by atoms with Gasteiger partial charge in [0.1, 0.15) is 0 Å². The molecule has 0 saturated carbocycles. The maximum absolute atomic E-state index is 12.4. The van der Waals surface area contributed by atoms with E-state index in [-0.39, 0.29) is 18.4 Å². The summed E-state index contributed by atoms with van der Waals surface area (Å²) in [5.74, 6) is 1.16. The van der Waals surface area contributed by atoms with Gasteiger partial charge >= 0.3 is 0 Å². The fourth-order valence-electron chi connectivity index (χ4n) is 3.68. The van der Waals surface area contributed by atoms with Gasteiger partial charge in [0.15, 0.2) is 6.54 Å². The summed E-state index contributed by atoms with van der Waals surface area (Å²) in [6, 6.07) is 5.70. The molecule has 2 N–H and O–H groups in total. The molecule has 1 heterocycles. The molecule has 6 heteroatoms. The SMILES string of the molecule is Cc1cc(Br)ccc1NC(=O)CN(C)C(=O)C[NH+]1C[C@H](C)C[C@H](C)C1. The molecule has 0 spiro atoms. The zero-order valence-corrected chi connectivity index (χ0v) is 17.1. The average Bonchev–Trinajstić information content (AvgIpc) is 2.49. The maximum Gasteiger partial charge on any atom is 0.277 e. The number of aryl methyl sites for hydroxylation is 1. The van der Waals surface area contributed by atoms with Gasteiger partial charge in [0.2, 0.25) is 5.91 Å². The Morgan fingerprint density at radius 2 is 1.92 bits per heavy atom. The van der Waals surface area contributed by atoms with Crippen molar-refractivity contribution in [3.63, 3.8) is 0 Å². The van der Waals surface area contributed by atoms with E-state index in [1.54, 1.807) is 7.05 Å². The zero-order chi connectivity index (χ0) is 18.6. The number of likely N-dealkylation sites (tertiary alicyclic amines) is 1. The number of piperidine rings is 1. The fraction of sp³-hybridized carbons (Fsp3) is 0.579. The van der Waals surface area contributed by atoms with Gasteiger partial charge in [0, 0.05) is 29.0 Å². The highest BCUT2D eigenvalue weighted by Gasteiger charge is 2.28. The van der Waals surface area contributed by atoms with E-state index in [1.165, 1.54) is 16.2 Å². The summed E-state index contributed by atoms with van der Waals surface area (Å²) in [6.45, 7) is 9.05. The van der Waals surface area contributed by atoms with Crippen LogP contribution in [0, 0.1) is 18.8 Å². The number of amides is 2. The molecule has 1 aromatic rings. The summed E-state index contributed by atoms with van der Waals surface area (Å²) in [7, 11) is 1.70. The maximum atomic E-state index is 12.4. The Hall–Kier alpha value is -1.40. The van der Waals surface area contributed by atoms with Crippen LogP contribution in [0.3, 0.4) is 0 Å². The summed E-state index contributed by atoms with van der Waals surface area (Å²) in [6.07, 6.45) is 1.24. The van der Waals surface area contributed by atoms with Gasteiger partial charge in [-0.05, 0) is 37.1 Å². The largest absolute Gasteiger partial charge is 0.332 e. The number of benzene rings is 1. The number of rotatable bonds is 5. The summed E-state index contributed by atoms with van der Waals surface area (Å²) in [5, 5.41) is 2.88. The minimum atomic E-state index is -0.170. The lowest BCUT2D eigenvalue weighted by Gasteiger charge is -2.32. The van der Waals surface area contributed by atoms with E-state index in [4.69, 9.17) is 0 Å². The van der Waals surface area contributed by atoms with Gasteiger partial charge in [-0.2, -0.15) is 0 Å². The topological polar surface area (TPSA) is 53.9 Å². The van der Waals surface area contributed by atoms with Crippen molar-refractivity contribution in [3.05, 3.63) is 28.2 Å². The first kappa shape index (κ1) is 19.9. The van der Waals surface area contributed by atoms with Gasteiger partial charge in [0.05, 0.1) is 19.6 Å². The Morgan fingerprint density at radius 1 is 1.28 bits per heavy atom. The predicted octanol–water partition coefficient (Wildman–Crippen LogP) is 1.72. The first-order valence-electron chi connectivity index (χ1n) is 8.88. The number of nitrogens with one attached hydrogen (secondary N) is 2. The third-order valence-corrected chi connectivity index (χ3v) is 5.24. The van der Waals surface area contributed by atoms with Crippen molar-refractivity contribution in [2.24, 2.45) is 11.8 Å². The van der Waals surface area contributed by atoms with Crippen LogP contribution in [0.4, 0.5) is 5.69 Å². The highest BCUT2D eigenvalue weighted by molar-refractivity contribution is 9.10. The van der Waals surface area contributed by atoms with E-state index < -0.39 is 0 Å². The highest BCUT2D eigenvalue weighted by Crippen LogP contribution is 2.19. The van der Waals surface area contributed by atoms with Crippen LogP contribution in [0.1, 0.15) is 25.8 Å². The molecule has 1 saturated heterocycles. The predicted molar refractivity (Wildman–Crippen MR) is 104 cm³/mol. The summed E-state index contributed by atoms with van der Waals surface area (Å²) >= 11 is 3.41.